The molecule has 0 aromatic heterocycles. The number of aliphatic hydroxyl groups excluding tert-OH is 2. The van der Waals surface area contributed by atoms with Gasteiger partial charge < -0.3 is 64.9 Å². The average molecular weight is 628 g/mol. The molecule has 5 rings (SSSR count). The van der Waals surface area contributed by atoms with Crippen LogP contribution in [0.5, 0.6) is 40.2 Å². The average Bonchev–Trinajstić information content (AvgIpc) is 3.02. The Morgan fingerprint density at radius 1 is 0.778 bits per heavy atom. The molecule has 0 radical (unpaired) electrons. The molecule has 3 aromatic rings. The molecule has 16 nitrogen and oxygen atoms in total. The van der Waals surface area contributed by atoms with Gasteiger partial charge in [-0.1, -0.05) is 12.1 Å². The summed E-state index contributed by atoms with van der Waals surface area (Å²) >= 11 is 0. The van der Waals surface area contributed by atoms with E-state index in [1.807, 2.05) is 0 Å². The van der Waals surface area contributed by atoms with Crippen LogP contribution in [0, 0.1) is 0 Å². The third-order valence-electron chi connectivity index (χ3n) is 7.00. The number of aromatic hydroxyl groups is 7. The van der Waals surface area contributed by atoms with Crippen molar-refractivity contribution in [3.63, 3.8) is 0 Å². The molecule has 0 saturated carbocycles. The number of phenolic OH excluding ortho intramolecular Hbond substituents is 7. The van der Waals surface area contributed by atoms with Crippen LogP contribution in [0.1, 0.15) is 26.3 Å². The number of esters is 3. The number of hydrogen-bond donors (Lipinski definition) is 9. The molecule has 2 heterocycles. The normalized spacial score (nSPS) is 23.1. The molecular formula is C29H24O16. The number of hydrogen-bond acceptors (Lipinski definition) is 16. The lowest BCUT2D eigenvalue weighted by atomic mass is 9.92. The minimum atomic E-state index is -2.06. The lowest BCUT2D eigenvalue weighted by Crippen LogP contribution is -2.61. The van der Waals surface area contributed by atoms with Crippen LogP contribution in [-0.4, -0.2) is 101 Å². The first-order valence-electron chi connectivity index (χ1n) is 12.9. The molecule has 16 heteroatoms. The molecule has 3 aromatic carbocycles. The first-order chi connectivity index (χ1) is 21.3. The van der Waals surface area contributed by atoms with Crippen molar-refractivity contribution >= 4 is 24.0 Å². The zero-order valence-electron chi connectivity index (χ0n) is 22.6. The Morgan fingerprint density at radius 2 is 1.33 bits per heavy atom. The topological polar surface area (TPSA) is 270 Å². The van der Waals surface area contributed by atoms with Gasteiger partial charge in [0.1, 0.15) is 30.7 Å². The number of cyclic esters (lactones) is 1. The van der Waals surface area contributed by atoms with Gasteiger partial charge in [0.25, 0.3) is 0 Å². The summed E-state index contributed by atoms with van der Waals surface area (Å²) in [5, 5.41) is 92.8. The third-order valence-corrected chi connectivity index (χ3v) is 7.00. The largest absolute Gasteiger partial charge is 0.508 e. The highest BCUT2D eigenvalue weighted by Crippen LogP contribution is 2.52. The van der Waals surface area contributed by atoms with E-state index in [2.05, 4.69) is 0 Å². The van der Waals surface area contributed by atoms with E-state index in [-0.39, 0.29) is 5.75 Å². The molecule has 0 bridgehead atoms. The van der Waals surface area contributed by atoms with Crippen LogP contribution < -0.4 is 0 Å². The van der Waals surface area contributed by atoms with Gasteiger partial charge >= 0.3 is 17.9 Å². The highest BCUT2D eigenvalue weighted by Gasteiger charge is 2.49. The zero-order valence-corrected chi connectivity index (χ0v) is 22.6. The Morgan fingerprint density at radius 3 is 1.91 bits per heavy atom. The highest BCUT2D eigenvalue weighted by atomic mass is 16.7. The molecule has 1 saturated heterocycles. The van der Waals surface area contributed by atoms with Gasteiger partial charge in [-0.25, -0.2) is 14.4 Å². The van der Waals surface area contributed by atoms with Gasteiger partial charge in [0.2, 0.25) is 17.8 Å². The van der Waals surface area contributed by atoms with Gasteiger partial charge in [0.05, 0.1) is 11.1 Å². The maximum Gasteiger partial charge on any atom is 0.339 e. The number of phenols is 7. The van der Waals surface area contributed by atoms with Crippen LogP contribution in [0.15, 0.2) is 42.5 Å². The predicted octanol–water partition coefficient (Wildman–Crippen LogP) is 0.692. The number of ether oxygens (including phenoxy) is 4. The number of benzene rings is 3. The van der Waals surface area contributed by atoms with E-state index in [0.717, 1.165) is 6.08 Å². The fourth-order valence-corrected chi connectivity index (χ4v) is 4.73. The van der Waals surface area contributed by atoms with Crippen molar-refractivity contribution in [3.8, 4) is 51.4 Å². The molecule has 0 spiro atoms. The van der Waals surface area contributed by atoms with Gasteiger partial charge in [-0.05, 0) is 35.9 Å². The van der Waals surface area contributed by atoms with E-state index in [0.29, 0.717) is 17.7 Å². The van der Waals surface area contributed by atoms with Crippen LogP contribution in [-0.2, 0) is 23.7 Å². The van der Waals surface area contributed by atoms with Gasteiger partial charge in [-0.2, -0.15) is 0 Å². The molecule has 236 valence electrons. The molecule has 0 aliphatic carbocycles. The summed E-state index contributed by atoms with van der Waals surface area (Å²) in [5.41, 5.74) is -2.77. The third kappa shape index (κ3) is 5.67. The van der Waals surface area contributed by atoms with Crippen molar-refractivity contribution in [3.05, 3.63) is 59.2 Å². The zero-order chi connectivity index (χ0) is 32.7. The Labute approximate surface area is 251 Å². The first kappa shape index (κ1) is 30.7. The summed E-state index contributed by atoms with van der Waals surface area (Å²) in [4.78, 5) is 39.1. The van der Waals surface area contributed by atoms with E-state index < -0.39 is 112 Å². The summed E-state index contributed by atoms with van der Waals surface area (Å²) in [7, 11) is 0. The van der Waals surface area contributed by atoms with Crippen LogP contribution in [0.3, 0.4) is 0 Å². The minimum Gasteiger partial charge on any atom is -0.508 e. The lowest BCUT2D eigenvalue weighted by Gasteiger charge is -2.41. The van der Waals surface area contributed by atoms with Gasteiger partial charge in [-0.15, -0.1) is 0 Å². The number of fused-ring (bicyclic) bond motifs is 4. The van der Waals surface area contributed by atoms with Gasteiger partial charge in [0, 0.05) is 17.2 Å². The van der Waals surface area contributed by atoms with Gasteiger partial charge in [-0.3, -0.25) is 0 Å². The van der Waals surface area contributed by atoms with E-state index in [4.69, 9.17) is 18.9 Å². The van der Waals surface area contributed by atoms with E-state index in [9.17, 15) is 60.3 Å². The van der Waals surface area contributed by atoms with Crippen molar-refractivity contribution < 1.29 is 79.3 Å². The summed E-state index contributed by atoms with van der Waals surface area (Å²) in [6.07, 6.45) is -7.22. The molecule has 0 amide bonds. The monoisotopic (exact) mass is 628 g/mol. The van der Waals surface area contributed by atoms with E-state index >= 15 is 0 Å². The van der Waals surface area contributed by atoms with Crippen molar-refractivity contribution in [2.24, 2.45) is 0 Å². The fraction of sp³-hybridized carbons (Fsp3) is 0.207. The SMILES string of the molecule is O=C(C=Cc1ccc(O)cc1)OC1OC2COC(=O)c3cc(O)c(O)c(O)c3-c3c(cc(O)c(O)c3O)C(=O)OC2C(O)C1O. The second kappa shape index (κ2) is 11.8. The molecule has 2 aliphatic heterocycles. The number of aliphatic hydroxyl groups is 2. The molecule has 2 aliphatic rings. The second-order valence-electron chi connectivity index (χ2n) is 9.89. The second-order valence-corrected chi connectivity index (χ2v) is 9.89. The maximum atomic E-state index is 13.4. The molecular weight excluding hydrogens is 604 g/mol. The van der Waals surface area contributed by atoms with Crippen LogP contribution in [0.2, 0.25) is 0 Å². The van der Waals surface area contributed by atoms with Crippen molar-refractivity contribution in [1.29, 1.82) is 0 Å². The highest BCUT2D eigenvalue weighted by molar-refractivity contribution is 6.08. The molecule has 45 heavy (non-hydrogen) atoms. The molecule has 1 fully saturated rings. The van der Waals surface area contributed by atoms with E-state index in [1.54, 1.807) is 0 Å². The van der Waals surface area contributed by atoms with Crippen molar-refractivity contribution in [2.45, 2.75) is 30.7 Å². The smallest absolute Gasteiger partial charge is 0.339 e. The standard InChI is InChI=1S/C29H24O16/c30-11-4-1-10(2-5-11)3-6-17(33)44-29-25(39)24(38)26-16(43-29)9-42-27(40)12-7-14(31)20(34)22(36)18(12)19-13(28(41)45-26)8-15(32)21(35)23(19)37/h1-8,16,24-26,29-32,34-39H,9H2. The quantitative estimate of drug-likeness (QED) is 0.0835. The number of rotatable bonds is 3. The van der Waals surface area contributed by atoms with E-state index in [1.165, 1.54) is 30.3 Å². The summed E-state index contributed by atoms with van der Waals surface area (Å²) in [6.45, 7) is -0.862. The summed E-state index contributed by atoms with van der Waals surface area (Å²) in [5.74, 6) is -10.9. The molecule has 9 N–H and O–H groups in total. The summed E-state index contributed by atoms with van der Waals surface area (Å²) in [6, 6.07) is 6.91. The predicted molar refractivity (Wildman–Crippen MR) is 145 cm³/mol. The summed E-state index contributed by atoms with van der Waals surface area (Å²) < 4.78 is 21.2. The number of carbonyl (C=O) groups excluding carboxylic acids is 3. The van der Waals surface area contributed by atoms with Crippen LogP contribution >= 0.6 is 0 Å². The Balaban J connectivity index is 1.52. The Kier molecular flexibility index (Phi) is 8.03. The van der Waals surface area contributed by atoms with Crippen LogP contribution in [0.4, 0.5) is 0 Å². The van der Waals surface area contributed by atoms with Crippen molar-refractivity contribution in [2.75, 3.05) is 6.61 Å². The molecule has 5 unspecified atom stereocenters. The van der Waals surface area contributed by atoms with Crippen LogP contribution in [0.25, 0.3) is 17.2 Å². The lowest BCUT2D eigenvalue weighted by molar-refractivity contribution is -0.290. The van der Waals surface area contributed by atoms with Crippen molar-refractivity contribution in [1.82, 2.24) is 0 Å². The van der Waals surface area contributed by atoms with Gasteiger partial charge in [0.15, 0.2) is 29.1 Å². The first-order valence-corrected chi connectivity index (χ1v) is 12.9. The minimum absolute atomic E-state index is 0.00900. The Bertz CT molecular complexity index is 1710. The fourth-order valence-electron chi connectivity index (χ4n) is 4.73. The molecule has 5 atom stereocenters. The number of carbonyl (C=O) groups is 3. The Hall–Kier alpha value is -5.71. The maximum absolute atomic E-state index is 13.4.